The van der Waals surface area contributed by atoms with E-state index in [1.807, 2.05) is 32.0 Å². The van der Waals surface area contributed by atoms with Crippen molar-refractivity contribution in [3.05, 3.63) is 56.5 Å². The van der Waals surface area contributed by atoms with Gasteiger partial charge in [0.1, 0.15) is 11.3 Å². The highest BCUT2D eigenvalue weighted by atomic mass is 32.1. The molecule has 2 aromatic carbocycles. The number of rotatable bonds is 7. The number of nitro benzene ring substituents is 1. The van der Waals surface area contributed by atoms with Gasteiger partial charge in [0, 0.05) is 16.5 Å². The van der Waals surface area contributed by atoms with Crippen molar-refractivity contribution in [1.82, 2.24) is 4.98 Å². The number of hydrogen-bond acceptors (Lipinski definition) is 8. The Balaban J connectivity index is 1.94. The fourth-order valence-electron chi connectivity index (χ4n) is 3.11. The van der Waals surface area contributed by atoms with Gasteiger partial charge in [-0.15, -0.1) is 11.3 Å². The first kappa shape index (κ1) is 22.0. The number of nitrogens with zero attached hydrogens (tertiary/aromatic N) is 2. The minimum absolute atomic E-state index is 0.155. The van der Waals surface area contributed by atoms with Crippen molar-refractivity contribution in [1.29, 1.82) is 0 Å². The minimum Gasteiger partial charge on any atom is -0.496 e. The molecule has 0 saturated carbocycles. The summed E-state index contributed by atoms with van der Waals surface area (Å²) in [5, 5.41) is 14.5. The molecule has 31 heavy (non-hydrogen) atoms. The molecule has 3 rings (SSSR count). The molecule has 0 aliphatic heterocycles. The minimum atomic E-state index is -0.668. The second kappa shape index (κ2) is 9.00. The van der Waals surface area contributed by atoms with Crippen LogP contribution < -0.4 is 19.5 Å². The van der Waals surface area contributed by atoms with Crippen LogP contribution in [0.4, 0.5) is 10.8 Å². The van der Waals surface area contributed by atoms with Gasteiger partial charge in [0.15, 0.2) is 16.6 Å². The second-order valence-electron chi connectivity index (χ2n) is 6.54. The molecule has 3 aromatic rings. The van der Waals surface area contributed by atoms with E-state index in [2.05, 4.69) is 10.3 Å². The number of nitrogens with one attached hydrogen (secondary N) is 1. The number of aromatic nitrogens is 1. The number of anilines is 1. The van der Waals surface area contributed by atoms with Crippen molar-refractivity contribution in [2.45, 2.75) is 13.8 Å². The highest BCUT2D eigenvalue weighted by molar-refractivity contribution is 7.16. The molecule has 0 fully saturated rings. The Hall–Kier alpha value is -3.66. The molecule has 1 aromatic heterocycles. The van der Waals surface area contributed by atoms with Crippen LogP contribution in [-0.2, 0) is 0 Å². The Bertz CT molecular complexity index is 1160. The van der Waals surface area contributed by atoms with Gasteiger partial charge in [-0.1, -0.05) is 0 Å². The van der Waals surface area contributed by atoms with E-state index in [4.69, 9.17) is 14.2 Å². The van der Waals surface area contributed by atoms with E-state index in [0.29, 0.717) is 10.8 Å². The standard InChI is InChI=1S/C21H21N3O6S/c1-11-8-13(6-7-16(11)28-3)19-12(2)31-21(22-19)23-20(25)14-9-17(29-4)18(30-5)10-15(14)24(26)27/h6-10H,1-5H3,(H,22,23,25). The lowest BCUT2D eigenvalue weighted by atomic mass is 10.1. The number of ether oxygens (including phenoxy) is 3. The predicted molar refractivity (Wildman–Crippen MR) is 118 cm³/mol. The van der Waals surface area contributed by atoms with Crippen LogP contribution in [0, 0.1) is 24.0 Å². The van der Waals surface area contributed by atoms with Crippen molar-refractivity contribution in [2.75, 3.05) is 26.6 Å². The molecular formula is C21H21N3O6S. The Morgan fingerprint density at radius 2 is 1.68 bits per heavy atom. The van der Waals surface area contributed by atoms with Crippen molar-refractivity contribution >= 4 is 28.1 Å². The summed E-state index contributed by atoms with van der Waals surface area (Å²) in [5.41, 5.74) is 2.00. The van der Waals surface area contributed by atoms with Crippen LogP contribution in [0.2, 0.25) is 0 Å². The quantitative estimate of drug-likeness (QED) is 0.419. The number of nitro groups is 1. The number of carbonyl (C=O) groups is 1. The van der Waals surface area contributed by atoms with Gasteiger partial charge in [0.25, 0.3) is 11.6 Å². The van der Waals surface area contributed by atoms with E-state index < -0.39 is 16.5 Å². The Morgan fingerprint density at radius 3 is 2.26 bits per heavy atom. The summed E-state index contributed by atoms with van der Waals surface area (Å²) in [6, 6.07) is 8.13. The second-order valence-corrected chi connectivity index (χ2v) is 7.75. The average molecular weight is 443 g/mol. The van der Waals surface area contributed by atoms with Crippen LogP contribution >= 0.6 is 11.3 Å². The first-order valence-corrected chi connectivity index (χ1v) is 9.94. The van der Waals surface area contributed by atoms with Crippen LogP contribution in [0.15, 0.2) is 30.3 Å². The van der Waals surface area contributed by atoms with Crippen molar-refractivity contribution in [3.8, 4) is 28.5 Å². The molecule has 0 unspecified atom stereocenters. The van der Waals surface area contributed by atoms with Crippen LogP contribution in [-0.4, -0.2) is 37.1 Å². The number of aryl methyl sites for hydroxylation is 2. The monoisotopic (exact) mass is 443 g/mol. The molecule has 0 aliphatic rings. The number of hydrogen-bond donors (Lipinski definition) is 1. The van der Waals surface area contributed by atoms with Gasteiger partial charge in [-0.25, -0.2) is 4.98 Å². The van der Waals surface area contributed by atoms with Gasteiger partial charge in [-0.2, -0.15) is 0 Å². The zero-order chi connectivity index (χ0) is 22.7. The molecule has 10 heteroatoms. The normalized spacial score (nSPS) is 10.5. The fraction of sp³-hybridized carbons (Fsp3) is 0.238. The van der Waals surface area contributed by atoms with E-state index in [1.165, 1.54) is 31.6 Å². The van der Waals surface area contributed by atoms with Gasteiger partial charge >= 0.3 is 0 Å². The largest absolute Gasteiger partial charge is 0.496 e. The number of carbonyl (C=O) groups excluding carboxylic acids is 1. The van der Waals surface area contributed by atoms with Gasteiger partial charge in [-0.05, 0) is 37.6 Å². The first-order valence-electron chi connectivity index (χ1n) is 9.13. The Kier molecular flexibility index (Phi) is 6.40. The van der Waals surface area contributed by atoms with Crippen LogP contribution in [0.1, 0.15) is 20.8 Å². The molecule has 0 bridgehead atoms. The molecule has 0 aliphatic carbocycles. The predicted octanol–water partition coefficient (Wildman–Crippen LogP) is 4.61. The highest BCUT2D eigenvalue weighted by Gasteiger charge is 2.25. The maximum absolute atomic E-state index is 12.8. The Morgan fingerprint density at radius 1 is 1.03 bits per heavy atom. The molecule has 0 spiro atoms. The first-order chi connectivity index (χ1) is 14.8. The lowest BCUT2D eigenvalue weighted by Gasteiger charge is -2.10. The molecule has 1 N–H and O–H groups in total. The van der Waals surface area contributed by atoms with Gasteiger partial charge in [0.05, 0.1) is 38.0 Å². The summed E-state index contributed by atoms with van der Waals surface area (Å²) in [6.45, 7) is 3.82. The van der Waals surface area contributed by atoms with Crippen molar-refractivity contribution in [3.63, 3.8) is 0 Å². The Labute approximate surface area is 182 Å². The molecule has 0 saturated heterocycles. The molecular weight excluding hydrogens is 422 g/mol. The van der Waals surface area contributed by atoms with Gasteiger partial charge in [0.2, 0.25) is 0 Å². The smallest absolute Gasteiger partial charge is 0.286 e. The highest BCUT2D eigenvalue weighted by Crippen LogP contribution is 2.36. The maximum atomic E-state index is 12.8. The number of thiazole rings is 1. The summed E-state index contributed by atoms with van der Waals surface area (Å²) >= 11 is 1.28. The maximum Gasteiger partial charge on any atom is 0.286 e. The summed E-state index contributed by atoms with van der Waals surface area (Å²) in [4.78, 5) is 29.1. The van der Waals surface area contributed by atoms with E-state index in [-0.39, 0.29) is 17.1 Å². The van der Waals surface area contributed by atoms with E-state index >= 15 is 0 Å². The molecule has 0 atom stereocenters. The van der Waals surface area contributed by atoms with Crippen molar-refractivity contribution in [2.24, 2.45) is 0 Å². The number of amides is 1. The number of methoxy groups -OCH3 is 3. The molecule has 1 amide bonds. The summed E-state index contributed by atoms with van der Waals surface area (Å²) in [6.07, 6.45) is 0. The van der Waals surface area contributed by atoms with Crippen LogP contribution in [0.5, 0.6) is 17.2 Å². The zero-order valence-electron chi connectivity index (χ0n) is 17.6. The third-order valence-electron chi connectivity index (χ3n) is 4.63. The summed E-state index contributed by atoms with van der Waals surface area (Å²) in [5.74, 6) is 0.473. The van der Waals surface area contributed by atoms with Crippen molar-refractivity contribution < 1.29 is 23.9 Å². The third-order valence-corrected chi connectivity index (χ3v) is 5.51. The van der Waals surface area contributed by atoms with E-state index in [0.717, 1.165) is 27.8 Å². The van der Waals surface area contributed by atoms with E-state index in [1.54, 1.807) is 7.11 Å². The molecule has 9 nitrogen and oxygen atoms in total. The van der Waals surface area contributed by atoms with Gasteiger partial charge in [-0.3, -0.25) is 20.2 Å². The summed E-state index contributed by atoms with van der Waals surface area (Å²) in [7, 11) is 4.36. The molecule has 0 radical (unpaired) electrons. The average Bonchev–Trinajstić information content (AvgIpc) is 3.12. The molecule has 1 heterocycles. The van der Waals surface area contributed by atoms with Crippen LogP contribution in [0.3, 0.4) is 0 Å². The van der Waals surface area contributed by atoms with Gasteiger partial charge < -0.3 is 14.2 Å². The fourth-order valence-corrected chi connectivity index (χ4v) is 3.94. The summed E-state index contributed by atoms with van der Waals surface area (Å²) < 4.78 is 15.6. The van der Waals surface area contributed by atoms with Crippen LogP contribution in [0.25, 0.3) is 11.3 Å². The third kappa shape index (κ3) is 4.43. The SMILES string of the molecule is COc1ccc(-c2nc(NC(=O)c3cc(OC)c(OC)cc3[N+](=O)[O-])sc2C)cc1C. The topological polar surface area (TPSA) is 113 Å². The zero-order valence-corrected chi connectivity index (χ0v) is 18.5. The van der Waals surface area contributed by atoms with E-state index in [9.17, 15) is 14.9 Å². The number of benzene rings is 2. The lowest BCUT2D eigenvalue weighted by molar-refractivity contribution is -0.385. The lowest BCUT2D eigenvalue weighted by Crippen LogP contribution is -2.14. The molecule has 162 valence electrons.